The predicted molar refractivity (Wildman–Crippen MR) is 115 cm³/mol. The van der Waals surface area contributed by atoms with Crippen LogP contribution in [0.15, 0.2) is 23.7 Å². The summed E-state index contributed by atoms with van der Waals surface area (Å²) in [4.78, 5) is 25.8. The van der Waals surface area contributed by atoms with E-state index in [4.69, 9.17) is 31.5 Å². The molecular weight excluding hydrogens is 380 g/mol. The Morgan fingerprint density at radius 3 is 3.13 bits per heavy atom. The van der Waals surface area contributed by atoms with Gasteiger partial charge in [-0.05, 0) is 62.7 Å². The molecule has 0 bridgehead atoms. The maximum atomic E-state index is 13.7. The lowest BCUT2D eigenvalue weighted by molar-refractivity contribution is -0.166. The summed E-state index contributed by atoms with van der Waals surface area (Å²) in [6.07, 6.45) is -11.2. The molecule has 1 aliphatic heterocycles. The number of carbonyl (C=O) groups is 2. The molecule has 0 aromatic carbocycles. The van der Waals surface area contributed by atoms with Crippen molar-refractivity contribution < 1.29 is 44.7 Å². The van der Waals surface area contributed by atoms with Gasteiger partial charge in [-0.3, -0.25) is 9.59 Å². The highest BCUT2D eigenvalue weighted by molar-refractivity contribution is 5.76. The second-order valence-electron chi connectivity index (χ2n) is 8.45. The maximum Gasteiger partial charge on any atom is 0.311 e. The number of rotatable bonds is 7. The summed E-state index contributed by atoms with van der Waals surface area (Å²) >= 11 is 0. The number of aliphatic hydroxyl groups is 1. The van der Waals surface area contributed by atoms with E-state index in [0.717, 1.165) is 13.8 Å². The number of carbonyl (C=O) groups excluding carboxylic acids is 2. The molecule has 0 saturated carbocycles. The summed E-state index contributed by atoms with van der Waals surface area (Å²) < 4.78 is 143. The number of hydrogen-bond donors (Lipinski definition) is 1. The van der Waals surface area contributed by atoms with Gasteiger partial charge in [0.15, 0.2) is 0 Å². The summed E-state index contributed by atoms with van der Waals surface area (Å²) in [5.41, 5.74) is -3.14. The van der Waals surface area contributed by atoms with E-state index in [1.807, 2.05) is 0 Å². The predicted octanol–water partition coefficient (Wildman–Crippen LogP) is 4.59. The van der Waals surface area contributed by atoms with Gasteiger partial charge in [-0.2, -0.15) is 0 Å². The van der Waals surface area contributed by atoms with Gasteiger partial charge in [0.25, 0.3) is 0 Å². The summed E-state index contributed by atoms with van der Waals surface area (Å²) in [5.74, 6) is -10.9. The zero-order valence-corrected chi connectivity index (χ0v) is 17.3. The fourth-order valence-corrected chi connectivity index (χ4v) is 3.89. The van der Waals surface area contributed by atoms with E-state index in [2.05, 4.69) is 5.11 Å². The Morgan fingerprint density at radius 1 is 1.57 bits per heavy atom. The minimum absolute atomic E-state index is 0.0650. The lowest BCUT2D eigenvalue weighted by Crippen LogP contribution is -2.43. The normalized spacial score (nSPS) is 53.2. The van der Waals surface area contributed by atoms with Crippen LogP contribution in [0.2, 0.25) is 0 Å². The number of esters is 2. The molecular formula is C25H38O5. The summed E-state index contributed by atoms with van der Waals surface area (Å²) in [6, 6.07) is -2.72. The van der Waals surface area contributed by atoms with Crippen molar-refractivity contribution in [2.75, 3.05) is 0 Å². The first kappa shape index (κ1) is 9.89. The van der Waals surface area contributed by atoms with Crippen LogP contribution in [0.1, 0.15) is 93.5 Å². The molecule has 0 spiro atoms. The van der Waals surface area contributed by atoms with Crippen LogP contribution in [0.5, 0.6) is 0 Å². The van der Waals surface area contributed by atoms with Gasteiger partial charge in [0.05, 0.1) is 22.1 Å². The third kappa shape index (κ3) is 5.16. The molecule has 30 heavy (non-hydrogen) atoms. The highest BCUT2D eigenvalue weighted by atomic mass is 16.6. The van der Waals surface area contributed by atoms with Gasteiger partial charge < -0.3 is 14.6 Å². The van der Waals surface area contributed by atoms with Gasteiger partial charge in [-0.25, -0.2) is 0 Å². The molecule has 0 aromatic heterocycles. The third-order valence-corrected chi connectivity index (χ3v) is 5.66. The first-order chi connectivity index (χ1) is 20.5. The van der Waals surface area contributed by atoms with Crippen LogP contribution in [-0.4, -0.2) is 36.8 Å². The molecule has 7 atom stereocenters. The maximum absolute atomic E-state index is 13.7. The number of cyclic esters (lactones) is 1. The standard InChI is InChI=1S/C25H38O5/c1-6-25(4,5)24(28)30-21-12-15(2)11-17-8-7-16(3)20(23(17)21)10-9-19-13-18(26)14-22(27)29-19/h7-8,11,15-16,18-21,23,26H,6,9-10,12-14H2,1-5H3/t15-,16-,18+,19?,20-,21?,23-/m0/s1/i1D3,2D3,6D2,7D,8D,11D,12D2,15D,16D,26D. The monoisotopic (exact) mass is 434 g/mol. The smallest absolute Gasteiger partial charge is 0.311 e. The second-order valence-corrected chi connectivity index (χ2v) is 8.45. The number of fused-ring (bicyclic) bond motifs is 1. The number of hydrogen-bond acceptors (Lipinski definition) is 5. The topological polar surface area (TPSA) is 72.8 Å². The number of allylic oxidation sites excluding steroid dienone is 3. The molecule has 1 N–H and O–H groups in total. The Bertz CT molecular complexity index is 1300. The van der Waals surface area contributed by atoms with E-state index in [1.165, 1.54) is 6.92 Å². The molecule has 5 nitrogen and oxygen atoms in total. The second kappa shape index (κ2) is 9.25. The van der Waals surface area contributed by atoms with Crippen LogP contribution in [0.3, 0.4) is 0 Å². The molecule has 1 fully saturated rings. The van der Waals surface area contributed by atoms with Crippen LogP contribution in [0.25, 0.3) is 0 Å². The lowest BCUT2D eigenvalue weighted by atomic mass is 9.65. The minimum atomic E-state index is -3.61. The number of ether oxygens (including phenoxy) is 2. The summed E-state index contributed by atoms with van der Waals surface area (Å²) in [7, 11) is 0. The van der Waals surface area contributed by atoms with Crippen LogP contribution < -0.4 is 0 Å². The molecule has 1 heterocycles. The van der Waals surface area contributed by atoms with E-state index in [0.29, 0.717) is 0 Å². The largest absolute Gasteiger partial charge is 0.462 e. The van der Waals surface area contributed by atoms with Crippen molar-refractivity contribution in [2.24, 2.45) is 29.0 Å². The van der Waals surface area contributed by atoms with Crippen molar-refractivity contribution in [3.8, 4) is 0 Å². The van der Waals surface area contributed by atoms with E-state index >= 15 is 0 Å². The van der Waals surface area contributed by atoms with Crippen LogP contribution in [-0.2, 0) is 19.1 Å². The minimum Gasteiger partial charge on any atom is -0.462 e. The Hall–Kier alpha value is -1.62. The summed E-state index contributed by atoms with van der Waals surface area (Å²) in [6.45, 7) is -3.97. The van der Waals surface area contributed by atoms with Crippen molar-refractivity contribution in [1.29, 1.82) is 1.43 Å². The summed E-state index contributed by atoms with van der Waals surface area (Å²) in [5, 5.41) is 4.55. The highest BCUT2D eigenvalue weighted by Gasteiger charge is 2.43. The molecule has 1 saturated heterocycles. The molecule has 0 amide bonds. The molecule has 2 unspecified atom stereocenters. The van der Waals surface area contributed by atoms with Gasteiger partial charge >= 0.3 is 11.9 Å². The van der Waals surface area contributed by atoms with Crippen molar-refractivity contribution in [3.05, 3.63) is 23.7 Å². The van der Waals surface area contributed by atoms with Crippen LogP contribution in [0.4, 0.5) is 0 Å². The molecule has 3 aliphatic rings. The average Bonchev–Trinajstić information content (AvgIpc) is 2.90. The van der Waals surface area contributed by atoms with Gasteiger partial charge in [-0.15, -0.1) is 0 Å². The zero-order chi connectivity index (χ0) is 35.8. The Balaban J connectivity index is 2.27. The highest BCUT2D eigenvalue weighted by Crippen LogP contribution is 2.45. The first-order valence-electron chi connectivity index (χ1n) is 17.9. The third-order valence-electron chi connectivity index (χ3n) is 5.66. The van der Waals surface area contributed by atoms with E-state index in [-0.39, 0.29) is 25.7 Å². The quantitative estimate of drug-likeness (QED) is 0.594. The van der Waals surface area contributed by atoms with Gasteiger partial charge in [0.2, 0.25) is 1.43 Å². The van der Waals surface area contributed by atoms with Crippen LogP contribution >= 0.6 is 0 Å². The lowest BCUT2D eigenvalue weighted by Gasteiger charge is -2.44. The average molecular weight is 435 g/mol. The fourth-order valence-electron chi connectivity index (χ4n) is 3.89. The fraction of sp³-hybridized carbons (Fsp3) is 0.760. The van der Waals surface area contributed by atoms with E-state index < -0.39 is 109 Å². The molecule has 0 aromatic rings. The van der Waals surface area contributed by atoms with Crippen molar-refractivity contribution in [1.82, 2.24) is 0 Å². The van der Waals surface area contributed by atoms with Gasteiger partial charge in [0, 0.05) is 28.8 Å². The molecule has 2 aliphatic carbocycles. The van der Waals surface area contributed by atoms with Crippen molar-refractivity contribution in [3.63, 3.8) is 0 Å². The molecule has 5 heteroatoms. The molecule has 3 rings (SSSR count). The SMILES string of the molecule is [2H]O[C@H]1CC(=O)OC(CC[C@@H]2[C@@H]3C(=C([2H])[C@]([2H])(C([2H])([2H])[2H])C([2H])([2H])C3OC(=O)C(C)(C)C([2H])([2H])C([2H])([2H])[2H])C([2H])=C([2H])[C@]2([2H])C)C1. The van der Waals surface area contributed by atoms with Gasteiger partial charge in [0.1, 0.15) is 12.2 Å². The van der Waals surface area contributed by atoms with Crippen molar-refractivity contribution >= 4 is 11.9 Å². The zero-order valence-electron chi connectivity index (χ0n) is 33.3. The Labute approximate surface area is 203 Å². The number of aliphatic hydroxyl groups excluding tert-OH is 1. The van der Waals surface area contributed by atoms with E-state index in [1.54, 1.807) is 0 Å². The van der Waals surface area contributed by atoms with E-state index in [9.17, 15) is 9.59 Å². The van der Waals surface area contributed by atoms with Crippen molar-refractivity contribution in [2.45, 2.75) is 91.2 Å². The van der Waals surface area contributed by atoms with Crippen LogP contribution in [0, 0.1) is 29.0 Å². The Kier molecular flexibility index (Phi) is 3.05. The molecule has 168 valence electrons. The van der Waals surface area contributed by atoms with Gasteiger partial charge in [-0.1, -0.05) is 38.8 Å². The Morgan fingerprint density at radius 2 is 2.40 bits per heavy atom. The first-order valence-corrected chi connectivity index (χ1v) is 9.95. The molecule has 0 radical (unpaired) electrons.